The Morgan fingerprint density at radius 1 is 1.38 bits per heavy atom. The molecule has 2 atom stereocenters. The summed E-state index contributed by atoms with van der Waals surface area (Å²) in [4.78, 5) is 16.8. The van der Waals surface area contributed by atoms with Gasteiger partial charge in [-0.15, -0.1) is 11.3 Å². The summed E-state index contributed by atoms with van der Waals surface area (Å²) in [6, 6.07) is 5.31. The van der Waals surface area contributed by atoms with Crippen LogP contribution in [-0.2, 0) is 9.53 Å². The average molecular weight is 347 g/mol. The monoisotopic (exact) mass is 347 g/mol. The maximum Gasteiger partial charge on any atom is 0.245 e. The second-order valence-corrected chi connectivity index (χ2v) is 6.46. The van der Waals surface area contributed by atoms with Crippen molar-refractivity contribution >= 4 is 22.4 Å². The highest BCUT2D eigenvalue weighted by Gasteiger charge is 2.28. The molecule has 1 aromatic carbocycles. The number of thiazole rings is 1. The summed E-state index contributed by atoms with van der Waals surface area (Å²) in [5, 5.41) is 8.49. The third-order valence-corrected chi connectivity index (χ3v) is 4.76. The first-order valence-electron chi connectivity index (χ1n) is 7.72. The Balaban J connectivity index is 1.47. The maximum absolute atomic E-state index is 12.4. The largest absolute Gasteiger partial charge is 0.454 e. The van der Waals surface area contributed by atoms with Gasteiger partial charge in [-0.2, -0.15) is 0 Å². The van der Waals surface area contributed by atoms with E-state index in [1.165, 1.54) is 11.3 Å². The lowest BCUT2D eigenvalue weighted by atomic mass is 10.1. The van der Waals surface area contributed by atoms with Crippen molar-refractivity contribution in [1.29, 1.82) is 0 Å². The summed E-state index contributed by atoms with van der Waals surface area (Å²) in [6.45, 7) is 3.42. The number of nitrogens with one attached hydrogen (secondary N) is 2. The first kappa shape index (κ1) is 15.4. The normalized spacial score (nSPS) is 22.4. The van der Waals surface area contributed by atoms with Crippen LogP contribution >= 0.6 is 11.3 Å². The Hall–Kier alpha value is -2.16. The molecule has 2 N–H and O–H groups in total. The van der Waals surface area contributed by atoms with Crippen LogP contribution in [0.5, 0.6) is 11.5 Å². The summed E-state index contributed by atoms with van der Waals surface area (Å²) >= 11 is 1.39. The number of hydrogen-bond acceptors (Lipinski definition) is 7. The van der Waals surface area contributed by atoms with Crippen LogP contribution in [0, 0.1) is 0 Å². The van der Waals surface area contributed by atoms with Gasteiger partial charge in [0.15, 0.2) is 16.6 Å². The molecule has 2 aromatic rings. The number of hydrogen-bond donors (Lipinski definition) is 2. The predicted molar refractivity (Wildman–Crippen MR) is 89.5 cm³/mol. The Labute approximate surface area is 142 Å². The minimum atomic E-state index is -0.364. The third-order valence-electron chi connectivity index (χ3n) is 4.00. The van der Waals surface area contributed by atoms with Crippen LogP contribution in [0.4, 0.5) is 5.13 Å². The molecule has 0 spiro atoms. The topological polar surface area (TPSA) is 81.7 Å². The SMILES string of the molecule is C[C@H]1OCCN[C@@H]1C(=O)Nc1nc(-c2ccc3c(c2)OCO3)cs1. The van der Waals surface area contributed by atoms with Gasteiger partial charge in [0, 0.05) is 17.5 Å². The lowest BCUT2D eigenvalue weighted by Gasteiger charge is -2.28. The molecule has 1 saturated heterocycles. The molecule has 126 valence electrons. The fourth-order valence-corrected chi connectivity index (χ4v) is 3.45. The first-order chi connectivity index (χ1) is 11.7. The zero-order chi connectivity index (χ0) is 16.5. The van der Waals surface area contributed by atoms with Gasteiger partial charge in [-0.05, 0) is 25.1 Å². The van der Waals surface area contributed by atoms with E-state index in [0.29, 0.717) is 24.0 Å². The summed E-state index contributed by atoms with van der Waals surface area (Å²) in [6.07, 6.45) is -0.160. The van der Waals surface area contributed by atoms with Crippen LogP contribution in [-0.4, -0.2) is 43.0 Å². The molecule has 0 bridgehead atoms. The Bertz CT molecular complexity index is 764. The number of anilines is 1. The van der Waals surface area contributed by atoms with E-state index in [-0.39, 0.29) is 24.8 Å². The van der Waals surface area contributed by atoms with Gasteiger partial charge in [0.05, 0.1) is 18.4 Å². The number of fused-ring (bicyclic) bond motifs is 1. The van der Waals surface area contributed by atoms with Gasteiger partial charge in [0.1, 0.15) is 6.04 Å². The summed E-state index contributed by atoms with van der Waals surface area (Å²) in [7, 11) is 0. The molecule has 2 aliphatic heterocycles. The number of ether oxygens (including phenoxy) is 3. The van der Waals surface area contributed by atoms with Crippen LogP contribution in [0.15, 0.2) is 23.6 Å². The van der Waals surface area contributed by atoms with Crippen molar-refractivity contribution in [3.05, 3.63) is 23.6 Å². The molecule has 1 fully saturated rings. The molecule has 0 radical (unpaired) electrons. The van der Waals surface area contributed by atoms with Crippen molar-refractivity contribution < 1.29 is 19.0 Å². The third kappa shape index (κ3) is 2.95. The Morgan fingerprint density at radius 2 is 2.25 bits per heavy atom. The van der Waals surface area contributed by atoms with E-state index in [1.807, 2.05) is 30.5 Å². The number of rotatable bonds is 3. The fourth-order valence-electron chi connectivity index (χ4n) is 2.73. The second kappa shape index (κ2) is 6.39. The molecule has 1 amide bonds. The number of morpholine rings is 1. The zero-order valence-corrected chi connectivity index (χ0v) is 13.9. The molecule has 0 unspecified atom stereocenters. The Kier molecular flexibility index (Phi) is 4.09. The van der Waals surface area contributed by atoms with Crippen molar-refractivity contribution in [2.75, 3.05) is 25.3 Å². The minimum absolute atomic E-state index is 0.131. The molecule has 0 saturated carbocycles. The van der Waals surface area contributed by atoms with Crippen LogP contribution in [0.1, 0.15) is 6.92 Å². The lowest BCUT2D eigenvalue weighted by Crippen LogP contribution is -2.53. The van der Waals surface area contributed by atoms with Gasteiger partial charge >= 0.3 is 0 Å². The molecule has 7 nitrogen and oxygen atoms in total. The van der Waals surface area contributed by atoms with E-state index >= 15 is 0 Å². The average Bonchev–Trinajstić information content (AvgIpc) is 3.23. The molecular formula is C16H17N3O4S. The summed E-state index contributed by atoms with van der Waals surface area (Å²) in [5.74, 6) is 1.32. The van der Waals surface area contributed by atoms with E-state index in [9.17, 15) is 4.79 Å². The summed E-state index contributed by atoms with van der Waals surface area (Å²) < 4.78 is 16.2. The van der Waals surface area contributed by atoms with Crippen molar-refractivity contribution in [2.24, 2.45) is 0 Å². The standard InChI is InChI=1S/C16H17N3O4S/c1-9-14(17-4-5-21-9)15(20)19-16-18-11(7-24-16)10-2-3-12-13(6-10)23-8-22-12/h2-3,6-7,9,14,17H,4-5,8H2,1H3,(H,18,19,20)/t9-,14+/m1/s1. The lowest BCUT2D eigenvalue weighted by molar-refractivity contribution is -0.123. The number of aromatic nitrogens is 1. The zero-order valence-electron chi connectivity index (χ0n) is 13.1. The second-order valence-electron chi connectivity index (χ2n) is 5.60. The van der Waals surface area contributed by atoms with Crippen LogP contribution < -0.4 is 20.1 Å². The van der Waals surface area contributed by atoms with Crippen LogP contribution in [0.2, 0.25) is 0 Å². The smallest absolute Gasteiger partial charge is 0.245 e. The number of nitrogens with zero attached hydrogens (tertiary/aromatic N) is 1. The van der Waals surface area contributed by atoms with Gasteiger partial charge in [-0.25, -0.2) is 4.98 Å². The molecule has 3 heterocycles. The first-order valence-corrected chi connectivity index (χ1v) is 8.60. The molecule has 4 rings (SSSR count). The fraction of sp³-hybridized carbons (Fsp3) is 0.375. The predicted octanol–water partition coefficient (Wildman–Crippen LogP) is 1.85. The number of carbonyl (C=O) groups is 1. The minimum Gasteiger partial charge on any atom is -0.454 e. The Morgan fingerprint density at radius 3 is 3.12 bits per heavy atom. The van der Waals surface area contributed by atoms with Crippen molar-refractivity contribution in [3.8, 4) is 22.8 Å². The van der Waals surface area contributed by atoms with Gasteiger partial charge in [-0.1, -0.05) is 0 Å². The van der Waals surface area contributed by atoms with E-state index < -0.39 is 0 Å². The molecule has 0 aliphatic carbocycles. The van der Waals surface area contributed by atoms with Gasteiger partial charge in [0.25, 0.3) is 0 Å². The highest BCUT2D eigenvalue weighted by Crippen LogP contribution is 2.36. The molecular weight excluding hydrogens is 330 g/mol. The van der Waals surface area contributed by atoms with Gasteiger partial charge in [0.2, 0.25) is 12.7 Å². The van der Waals surface area contributed by atoms with E-state index in [0.717, 1.165) is 17.0 Å². The van der Waals surface area contributed by atoms with Gasteiger partial charge < -0.3 is 24.8 Å². The number of amides is 1. The summed E-state index contributed by atoms with van der Waals surface area (Å²) in [5.41, 5.74) is 1.71. The molecule has 2 aliphatic rings. The van der Waals surface area contributed by atoms with Crippen molar-refractivity contribution in [2.45, 2.75) is 19.1 Å². The van der Waals surface area contributed by atoms with Gasteiger partial charge in [-0.3, -0.25) is 4.79 Å². The van der Waals surface area contributed by atoms with E-state index in [2.05, 4.69) is 15.6 Å². The van der Waals surface area contributed by atoms with Crippen molar-refractivity contribution in [3.63, 3.8) is 0 Å². The van der Waals surface area contributed by atoms with E-state index in [1.54, 1.807) is 0 Å². The molecule has 8 heteroatoms. The molecule has 24 heavy (non-hydrogen) atoms. The highest BCUT2D eigenvalue weighted by atomic mass is 32.1. The van der Waals surface area contributed by atoms with Crippen LogP contribution in [0.25, 0.3) is 11.3 Å². The number of benzene rings is 1. The quantitative estimate of drug-likeness (QED) is 0.882. The van der Waals surface area contributed by atoms with Crippen molar-refractivity contribution in [1.82, 2.24) is 10.3 Å². The van der Waals surface area contributed by atoms with E-state index in [4.69, 9.17) is 14.2 Å². The maximum atomic E-state index is 12.4. The molecule has 1 aromatic heterocycles. The highest BCUT2D eigenvalue weighted by molar-refractivity contribution is 7.14. The van der Waals surface area contributed by atoms with Crippen LogP contribution in [0.3, 0.4) is 0 Å². The number of carbonyl (C=O) groups excluding carboxylic acids is 1.